The Morgan fingerprint density at radius 1 is 1.41 bits per heavy atom. The Labute approximate surface area is 130 Å². The molecule has 7 heteroatoms. The lowest BCUT2D eigenvalue weighted by atomic mass is 10.1. The first-order chi connectivity index (χ1) is 10.8. The molecule has 2 aliphatic heterocycles. The van der Waals surface area contributed by atoms with Crippen molar-refractivity contribution in [1.29, 1.82) is 0 Å². The van der Waals surface area contributed by atoms with Crippen LogP contribution in [0.4, 0.5) is 5.69 Å². The molecule has 1 aromatic rings. The van der Waals surface area contributed by atoms with Gasteiger partial charge in [0, 0.05) is 19.6 Å². The van der Waals surface area contributed by atoms with Gasteiger partial charge >= 0.3 is 0 Å². The predicted octanol–water partition coefficient (Wildman–Crippen LogP) is 1.24. The van der Waals surface area contributed by atoms with Crippen molar-refractivity contribution in [2.75, 3.05) is 51.4 Å². The van der Waals surface area contributed by atoms with Crippen molar-refractivity contribution < 1.29 is 9.47 Å². The van der Waals surface area contributed by atoms with E-state index in [4.69, 9.17) is 9.47 Å². The third-order valence-corrected chi connectivity index (χ3v) is 4.18. The Kier molecular flexibility index (Phi) is 4.74. The number of hydrogen-bond acceptors (Lipinski definition) is 6. The van der Waals surface area contributed by atoms with E-state index in [1.807, 2.05) is 18.2 Å². The first-order valence-corrected chi connectivity index (χ1v) is 7.69. The van der Waals surface area contributed by atoms with Crippen molar-refractivity contribution in [2.24, 2.45) is 5.29 Å². The average molecular weight is 306 g/mol. The topological polar surface area (TPSA) is 66.4 Å². The summed E-state index contributed by atoms with van der Waals surface area (Å²) in [5.74, 6) is 1.22. The number of rotatable bonds is 4. The molecule has 1 atom stereocenters. The van der Waals surface area contributed by atoms with Crippen molar-refractivity contribution in [2.45, 2.75) is 12.5 Å². The van der Waals surface area contributed by atoms with E-state index in [9.17, 15) is 4.91 Å². The minimum absolute atomic E-state index is 0.0739. The van der Waals surface area contributed by atoms with Crippen LogP contribution in [0, 0.1) is 4.91 Å². The maximum absolute atomic E-state index is 11.4. The lowest BCUT2D eigenvalue weighted by molar-refractivity contribution is 0.197. The number of methoxy groups -OCH3 is 1. The van der Waals surface area contributed by atoms with Gasteiger partial charge in [-0.3, -0.25) is 4.90 Å². The van der Waals surface area contributed by atoms with Gasteiger partial charge in [-0.25, -0.2) is 5.01 Å². The van der Waals surface area contributed by atoms with Crippen LogP contribution < -0.4 is 19.8 Å². The maximum atomic E-state index is 11.4. The summed E-state index contributed by atoms with van der Waals surface area (Å²) < 4.78 is 11.1. The molecule has 120 valence electrons. The van der Waals surface area contributed by atoms with Gasteiger partial charge in [0.1, 0.15) is 18.3 Å². The summed E-state index contributed by atoms with van der Waals surface area (Å²) in [4.78, 5) is 13.7. The molecule has 1 aromatic carbocycles. The monoisotopic (exact) mass is 306 g/mol. The third kappa shape index (κ3) is 3.00. The summed E-state index contributed by atoms with van der Waals surface area (Å²) in [6.45, 7) is 5.24. The summed E-state index contributed by atoms with van der Waals surface area (Å²) >= 11 is 0. The van der Waals surface area contributed by atoms with Crippen molar-refractivity contribution in [3.63, 3.8) is 0 Å². The zero-order chi connectivity index (χ0) is 15.4. The highest BCUT2D eigenvalue weighted by molar-refractivity contribution is 5.66. The molecule has 0 radical (unpaired) electrons. The normalized spacial score (nSPS) is 22.4. The fourth-order valence-corrected chi connectivity index (χ4v) is 3.06. The van der Waals surface area contributed by atoms with E-state index in [0.29, 0.717) is 23.8 Å². The summed E-state index contributed by atoms with van der Waals surface area (Å²) in [5, 5.41) is 8.15. The number of fused-ring (bicyclic) bond motifs is 1. The Balaban J connectivity index is 1.77. The van der Waals surface area contributed by atoms with E-state index >= 15 is 0 Å². The SMILES string of the molecule is COc1cccc2c1OCC(CN1CCCNCC1)N2N=O. The van der Waals surface area contributed by atoms with Crippen LogP contribution >= 0.6 is 0 Å². The predicted molar refractivity (Wildman–Crippen MR) is 84.5 cm³/mol. The lowest BCUT2D eigenvalue weighted by Gasteiger charge is -2.35. The van der Waals surface area contributed by atoms with Gasteiger partial charge in [0.15, 0.2) is 11.5 Å². The van der Waals surface area contributed by atoms with Gasteiger partial charge in [-0.15, -0.1) is 4.91 Å². The second kappa shape index (κ2) is 6.93. The number of nitrogens with one attached hydrogen (secondary N) is 1. The fourth-order valence-electron chi connectivity index (χ4n) is 3.06. The molecule has 2 heterocycles. The van der Waals surface area contributed by atoms with Crippen molar-refractivity contribution in [3.05, 3.63) is 23.1 Å². The molecule has 0 amide bonds. The molecule has 1 saturated heterocycles. The molecule has 7 nitrogen and oxygen atoms in total. The van der Waals surface area contributed by atoms with Crippen molar-refractivity contribution in [1.82, 2.24) is 10.2 Å². The molecule has 0 bridgehead atoms. The average Bonchev–Trinajstić information content (AvgIpc) is 2.82. The molecule has 0 spiro atoms. The second-order valence-electron chi connectivity index (χ2n) is 5.60. The summed E-state index contributed by atoms with van der Waals surface area (Å²) in [7, 11) is 1.59. The third-order valence-electron chi connectivity index (χ3n) is 4.18. The quantitative estimate of drug-likeness (QED) is 0.844. The number of para-hydroxylation sites is 1. The summed E-state index contributed by atoms with van der Waals surface area (Å²) in [6, 6.07) is 5.44. The number of benzene rings is 1. The van der Waals surface area contributed by atoms with Gasteiger partial charge in [0.25, 0.3) is 0 Å². The number of nitroso groups, excluding NO2 is 1. The molecule has 1 unspecified atom stereocenters. The van der Waals surface area contributed by atoms with Gasteiger partial charge in [0.2, 0.25) is 0 Å². The fraction of sp³-hybridized carbons (Fsp3) is 0.600. The van der Waals surface area contributed by atoms with Gasteiger partial charge in [0.05, 0.1) is 12.4 Å². The van der Waals surface area contributed by atoms with Crippen LogP contribution in [0.1, 0.15) is 6.42 Å². The zero-order valence-corrected chi connectivity index (χ0v) is 12.8. The molecule has 3 rings (SSSR count). The van der Waals surface area contributed by atoms with E-state index in [0.717, 1.165) is 39.1 Å². The Morgan fingerprint density at radius 2 is 2.32 bits per heavy atom. The number of hydrogen-bond donors (Lipinski definition) is 1. The van der Waals surface area contributed by atoms with Crippen LogP contribution in [0.15, 0.2) is 23.5 Å². The van der Waals surface area contributed by atoms with Crippen LogP contribution in [0.2, 0.25) is 0 Å². The van der Waals surface area contributed by atoms with Gasteiger partial charge in [-0.2, -0.15) is 0 Å². The highest BCUT2D eigenvalue weighted by Gasteiger charge is 2.32. The van der Waals surface area contributed by atoms with Crippen LogP contribution in [0.25, 0.3) is 0 Å². The summed E-state index contributed by atoms with van der Waals surface area (Å²) in [5.41, 5.74) is 0.679. The molecule has 22 heavy (non-hydrogen) atoms. The van der Waals surface area contributed by atoms with E-state index in [2.05, 4.69) is 15.5 Å². The molecule has 0 saturated carbocycles. The molecular weight excluding hydrogens is 284 g/mol. The Hall–Kier alpha value is -1.86. The molecule has 2 aliphatic rings. The molecular formula is C15H22N4O3. The van der Waals surface area contributed by atoms with Crippen LogP contribution in [-0.2, 0) is 0 Å². The first kappa shape index (κ1) is 15.1. The molecule has 0 aromatic heterocycles. The Morgan fingerprint density at radius 3 is 3.14 bits per heavy atom. The summed E-state index contributed by atoms with van der Waals surface area (Å²) in [6.07, 6.45) is 1.12. The highest BCUT2D eigenvalue weighted by Crippen LogP contribution is 2.41. The van der Waals surface area contributed by atoms with Crippen LogP contribution in [0.3, 0.4) is 0 Å². The van der Waals surface area contributed by atoms with Crippen molar-refractivity contribution in [3.8, 4) is 11.5 Å². The van der Waals surface area contributed by atoms with Crippen LogP contribution in [0.5, 0.6) is 11.5 Å². The van der Waals surface area contributed by atoms with Crippen molar-refractivity contribution >= 4 is 5.69 Å². The van der Waals surface area contributed by atoms with Crippen LogP contribution in [-0.4, -0.2) is 57.4 Å². The largest absolute Gasteiger partial charge is 0.493 e. The Bertz CT molecular complexity index is 518. The number of ether oxygens (including phenoxy) is 2. The molecule has 1 fully saturated rings. The first-order valence-electron chi connectivity index (χ1n) is 7.69. The van der Waals surface area contributed by atoms with E-state index in [1.54, 1.807) is 7.11 Å². The second-order valence-corrected chi connectivity index (χ2v) is 5.60. The lowest BCUT2D eigenvalue weighted by Crippen LogP contribution is -2.48. The highest BCUT2D eigenvalue weighted by atomic mass is 16.5. The zero-order valence-electron chi connectivity index (χ0n) is 12.8. The van der Waals surface area contributed by atoms with Gasteiger partial charge in [-0.1, -0.05) is 6.07 Å². The minimum Gasteiger partial charge on any atom is -0.493 e. The molecule has 1 N–H and O–H groups in total. The standard InChI is InChI=1S/C15H22N4O3/c1-21-14-5-2-4-13-15(14)22-11-12(19(13)17-20)10-18-8-3-6-16-7-9-18/h2,4-5,12,16H,3,6-11H2,1H3. The smallest absolute Gasteiger partial charge is 0.186 e. The van der Waals surface area contributed by atoms with E-state index in [1.165, 1.54) is 5.01 Å². The maximum Gasteiger partial charge on any atom is 0.186 e. The number of nitrogens with zero attached hydrogens (tertiary/aromatic N) is 3. The molecule has 0 aliphatic carbocycles. The van der Waals surface area contributed by atoms with E-state index < -0.39 is 0 Å². The van der Waals surface area contributed by atoms with Gasteiger partial charge in [-0.05, 0) is 31.6 Å². The van der Waals surface area contributed by atoms with E-state index in [-0.39, 0.29) is 6.04 Å². The van der Waals surface area contributed by atoms with Gasteiger partial charge < -0.3 is 14.8 Å². The minimum atomic E-state index is -0.0739. The number of anilines is 1.